The van der Waals surface area contributed by atoms with Gasteiger partial charge in [-0.3, -0.25) is 86.3 Å². The number of hydrogen-bond acceptors (Lipinski definition) is 23. The van der Waals surface area contributed by atoms with Gasteiger partial charge in [-0.15, -0.1) is 0 Å². The van der Waals surface area contributed by atoms with Crippen molar-refractivity contribution in [1.82, 2.24) is 73.7 Å². The Morgan fingerprint density at radius 2 is 1.19 bits per heavy atom. The molecule has 2 aromatic rings. The summed E-state index contributed by atoms with van der Waals surface area (Å²) in [7, 11) is 1.73. The molecule has 2 heterocycles. The normalized spacial score (nSPS) is 21.9. The molecular weight excluding hydrogens is 1520 g/mol. The van der Waals surface area contributed by atoms with Crippen molar-refractivity contribution >= 4 is 129 Å². The number of primary amides is 2. The highest BCUT2D eigenvalue weighted by Gasteiger charge is 2.43. The van der Waals surface area contributed by atoms with E-state index in [9.17, 15) is 116 Å². The maximum atomic E-state index is 14.9. The largest absolute Gasteiger partial charge is 0.481 e. The van der Waals surface area contributed by atoms with Crippen molar-refractivity contribution in [3.05, 3.63) is 36.0 Å². The number of amides is 15. The first-order valence-electron chi connectivity index (χ1n) is 37.3. The molecule has 0 aliphatic carbocycles. The molecule has 0 radical (unpaired) electrons. The quantitative estimate of drug-likeness (QED) is 0.0224. The van der Waals surface area contributed by atoms with Crippen LogP contribution in [-0.2, 0) is 112 Å². The number of benzene rings is 1. The van der Waals surface area contributed by atoms with E-state index >= 15 is 0 Å². The Labute approximate surface area is 661 Å². The molecular formula is C72H109N17O26. The van der Waals surface area contributed by atoms with Gasteiger partial charge < -0.3 is 121 Å². The molecule has 15 amide bonds. The van der Waals surface area contributed by atoms with Crippen LogP contribution in [0.15, 0.2) is 30.5 Å². The molecule has 43 nitrogen and oxygen atoms in total. The topological polar surface area (TPSA) is 682 Å². The highest BCUT2D eigenvalue weighted by Crippen LogP contribution is 2.21. The highest BCUT2D eigenvalue weighted by molar-refractivity contribution is 6.02. The number of aromatic nitrogens is 1. The van der Waals surface area contributed by atoms with E-state index in [-0.39, 0.29) is 38.6 Å². The molecule has 1 saturated heterocycles. The molecule has 1 fully saturated rings. The second-order valence-electron chi connectivity index (χ2n) is 28.4. The number of aromatic amines is 1. The Kier molecular flexibility index (Phi) is 40.8. The number of hydrogen-bond donors (Lipinski definition) is 20. The number of carboxylic acid groups (broad SMARTS) is 4. The third kappa shape index (κ3) is 33.4. The average molecular weight is 1630 g/mol. The third-order valence-corrected chi connectivity index (χ3v) is 18.5. The molecule has 15 unspecified atom stereocenters. The summed E-state index contributed by atoms with van der Waals surface area (Å²) in [6, 6.07) is -15.2. The summed E-state index contributed by atoms with van der Waals surface area (Å²) in [5.41, 5.74) is 17.9. The van der Waals surface area contributed by atoms with Gasteiger partial charge in [0, 0.05) is 44.1 Å². The monoisotopic (exact) mass is 1630 g/mol. The number of aliphatic carboxylic acids is 4. The summed E-state index contributed by atoms with van der Waals surface area (Å²) in [6.07, 6.45) is -3.73. The van der Waals surface area contributed by atoms with E-state index in [4.69, 9.17) is 26.7 Å². The first-order valence-corrected chi connectivity index (χ1v) is 37.3. The molecule has 23 N–H and O–H groups in total. The number of rotatable bonds is 36. The average Bonchev–Trinajstić information content (AvgIpc) is 1.74. The Morgan fingerprint density at radius 3 is 1.78 bits per heavy atom. The molecule has 3 rings (SSSR count). The van der Waals surface area contributed by atoms with Crippen LogP contribution < -0.4 is 81.0 Å². The fourth-order valence-electron chi connectivity index (χ4n) is 11.9. The Balaban J connectivity index is 2.24. The van der Waals surface area contributed by atoms with E-state index in [2.05, 4.69) is 77.3 Å². The lowest BCUT2D eigenvalue weighted by Crippen LogP contribution is -2.62. The molecule has 0 saturated carbocycles. The van der Waals surface area contributed by atoms with Crippen LogP contribution in [0, 0.1) is 17.8 Å². The van der Waals surface area contributed by atoms with E-state index in [1.165, 1.54) is 13.8 Å². The lowest BCUT2D eigenvalue weighted by molar-refractivity contribution is -0.159. The van der Waals surface area contributed by atoms with Gasteiger partial charge in [-0.05, 0) is 75.5 Å². The van der Waals surface area contributed by atoms with Gasteiger partial charge in [0.1, 0.15) is 72.6 Å². The van der Waals surface area contributed by atoms with Crippen molar-refractivity contribution in [1.29, 1.82) is 0 Å². The van der Waals surface area contributed by atoms with Crippen molar-refractivity contribution in [2.24, 2.45) is 35.0 Å². The van der Waals surface area contributed by atoms with E-state index in [0.717, 1.165) is 60.6 Å². The number of carbonyl (C=O) groups excluding carboxylic acids is 16. The zero-order valence-electron chi connectivity index (χ0n) is 65.5. The van der Waals surface area contributed by atoms with E-state index in [1.54, 1.807) is 30.5 Å². The van der Waals surface area contributed by atoms with Gasteiger partial charge in [-0.1, -0.05) is 84.9 Å². The van der Waals surface area contributed by atoms with Crippen LogP contribution in [0.2, 0.25) is 0 Å². The van der Waals surface area contributed by atoms with Crippen molar-refractivity contribution in [3.8, 4) is 0 Å². The van der Waals surface area contributed by atoms with Crippen LogP contribution in [0.25, 0.3) is 10.9 Å². The van der Waals surface area contributed by atoms with E-state index < -0.39 is 254 Å². The Bertz CT molecular complexity index is 3830. The van der Waals surface area contributed by atoms with Gasteiger partial charge in [0.05, 0.1) is 45.2 Å². The van der Waals surface area contributed by atoms with E-state index in [0.29, 0.717) is 40.1 Å². The zero-order chi connectivity index (χ0) is 86.7. The minimum atomic E-state index is -2.32. The van der Waals surface area contributed by atoms with Gasteiger partial charge in [0.2, 0.25) is 88.6 Å². The lowest BCUT2D eigenvalue weighted by Gasteiger charge is -2.32. The number of carboxylic acids is 4. The summed E-state index contributed by atoms with van der Waals surface area (Å²) >= 11 is 0. The van der Waals surface area contributed by atoms with Crippen LogP contribution in [0.1, 0.15) is 150 Å². The van der Waals surface area contributed by atoms with E-state index in [1.807, 2.05) is 5.32 Å². The predicted octanol–water partition coefficient (Wildman–Crippen LogP) is -5.33. The number of unbranched alkanes of at least 4 members (excludes halogenated alkanes) is 4. The number of H-pyrrole nitrogens is 1. The molecule has 0 spiro atoms. The summed E-state index contributed by atoms with van der Waals surface area (Å²) < 4.78 is 10.7. The van der Waals surface area contributed by atoms with Gasteiger partial charge in [-0.25, -0.2) is 9.59 Å². The predicted molar refractivity (Wildman–Crippen MR) is 402 cm³/mol. The van der Waals surface area contributed by atoms with Crippen LogP contribution in [0.4, 0.5) is 0 Å². The second-order valence-corrected chi connectivity index (χ2v) is 28.4. The second kappa shape index (κ2) is 48.2. The van der Waals surface area contributed by atoms with Crippen molar-refractivity contribution in [3.63, 3.8) is 0 Å². The molecule has 638 valence electrons. The van der Waals surface area contributed by atoms with Gasteiger partial charge in [0.25, 0.3) is 0 Å². The molecule has 15 atom stereocenters. The van der Waals surface area contributed by atoms with Gasteiger partial charge >= 0.3 is 29.8 Å². The van der Waals surface area contributed by atoms with Crippen LogP contribution in [0.5, 0.6) is 0 Å². The maximum Gasteiger partial charge on any atom is 0.335 e. The van der Waals surface area contributed by atoms with Crippen LogP contribution in [0.3, 0.4) is 0 Å². The number of carbonyl (C=O) groups is 20. The lowest BCUT2D eigenvalue weighted by atomic mass is 9.95. The number of nitrogens with two attached hydrogens (primary N) is 3. The fraction of sp³-hybridized carbons (Fsp3) is 0.611. The van der Waals surface area contributed by atoms with Crippen molar-refractivity contribution in [2.75, 3.05) is 33.8 Å². The smallest absolute Gasteiger partial charge is 0.335 e. The molecule has 43 heteroatoms. The summed E-state index contributed by atoms with van der Waals surface area (Å²) in [5.74, 6) is -29.8. The first kappa shape index (κ1) is 97.3. The number of nitrogens with one attached hydrogen (secondary N) is 13. The number of fused-ring (bicyclic) bond motifs is 1. The number of nitrogens with zero attached hydrogens (tertiary/aromatic N) is 1. The number of methoxy groups -OCH3 is 1. The Hall–Kier alpha value is -11.9. The third-order valence-electron chi connectivity index (χ3n) is 18.5. The minimum absolute atomic E-state index is 0.00669. The number of cyclic esters (lactones) is 1. The minimum Gasteiger partial charge on any atom is -0.481 e. The standard InChI is InChI=1S/C72H109N17O26/c1-10-35(4)19-13-11-12-14-23-50(92)79-43(26-39-31-76-41-21-16-15-20-40(39)41)63(103)83-45(28-49(75)91)64(104)84-47(30-55(99)100)67(107)87-58-38(7)115-72(113)56(34(2)3)85-69(109)57(36(5)25-53(95)96)86-66(106)44(27-48(74)90)80-51(93)32-77-68(108)59(60(114-9)71(111)112)88-62(102)42(22-17-18-24-73)81-65(105)46(29-54(97)98)82-61(101)37(6)78-52(94)33-89(8)70(58)110/h15-16,20-21,31,34-38,42-47,56-60,76H,10-14,17-19,22-30,32-33,73H2,1-9H3,(H2,74,90)(H2,75,91)(H,77,108)(H,78,94)(H,79,92)(H,80,93)(H,81,105)(H,82,101)(H,83,103)(H,84,104)(H,85,109)(H,86,106)(H,87,107)(H,88,102)(H,95,96)(H,97,98)(H,99,100)(H,111,112). The molecule has 1 aliphatic rings. The number of likely N-dealkylation sites (N-methyl/N-ethyl adjacent to an activating group) is 1. The van der Waals surface area contributed by atoms with Gasteiger partial charge in [-0.2, -0.15) is 0 Å². The Morgan fingerprint density at radius 1 is 0.609 bits per heavy atom. The number of ether oxygens (including phenoxy) is 2. The molecule has 1 aromatic carbocycles. The van der Waals surface area contributed by atoms with Crippen LogP contribution >= 0.6 is 0 Å². The van der Waals surface area contributed by atoms with Crippen molar-refractivity contribution in [2.45, 2.75) is 230 Å². The van der Waals surface area contributed by atoms with Crippen LogP contribution in [-0.4, -0.2) is 261 Å². The molecule has 1 aromatic heterocycles. The maximum absolute atomic E-state index is 14.9. The highest BCUT2D eigenvalue weighted by atomic mass is 16.5. The summed E-state index contributed by atoms with van der Waals surface area (Å²) in [5, 5.41) is 67.4. The molecule has 115 heavy (non-hydrogen) atoms. The molecule has 1 aliphatic heterocycles. The SMILES string of the molecule is CCC(C)CCCCCCC(=O)NC(Cc1c[nH]c2ccccc12)C(=O)NC(CC(N)=O)C(=O)NC(CC(=O)O)C(=O)NC1C(=O)N(C)CC(=O)NC(C)C(=O)NC(CC(=O)O)C(=O)NC(CCCCN)C(=O)NC(C(OC)C(=O)O)C(=O)NCC(=O)NC(CC(N)=O)C(=O)NC(C(C)CC(=O)O)C(=O)NC(C(C)C)C(=O)OC1C. The summed E-state index contributed by atoms with van der Waals surface area (Å²) in [6.45, 7) is 7.70. The van der Waals surface area contributed by atoms with Crippen molar-refractivity contribution < 1.29 is 126 Å². The number of esters is 1. The first-order chi connectivity index (χ1) is 54.0. The van der Waals surface area contributed by atoms with Gasteiger partial charge in [0.15, 0.2) is 6.10 Å². The summed E-state index contributed by atoms with van der Waals surface area (Å²) in [4.78, 5) is 277. The fourth-order valence-corrected chi connectivity index (χ4v) is 11.9. The molecule has 0 bridgehead atoms. The number of para-hydroxylation sites is 1. The zero-order valence-corrected chi connectivity index (χ0v) is 65.5.